The zero-order valence-electron chi connectivity index (χ0n) is 14.8. The average Bonchev–Trinajstić information content (AvgIpc) is 3.15. The highest BCUT2D eigenvalue weighted by Crippen LogP contribution is 2.40. The number of carbonyl (C=O) groups excluding carboxylic acids is 1. The minimum absolute atomic E-state index is 0.0136. The second-order valence-corrected chi connectivity index (χ2v) is 6.63. The van der Waals surface area contributed by atoms with Crippen molar-refractivity contribution in [2.45, 2.75) is 19.8 Å². The van der Waals surface area contributed by atoms with Gasteiger partial charge < -0.3 is 15.2 Å². The molecule has 2 heterocycles. The van der Waals surface area contributed by atoms with Gasteiger partial charge in [-0.05, 0) is 53.5 Å². The number of nitriles is 1. The lowest BCUT2D eigenvalue weighted by Gasteiger charge is -2.27. The van der Waals surface area contributed by atoms with Crippen LogP contribution in [-0.2, 0) is 14.3 Å². The lowest BCUT2D eigenvalue weighted by molar-refractivity contribution is -0.139. The van der Waals surface area contributed by atoms with Gasteiger partial charge in [0.05, 0.1) is 23.8 Å². The number of benzene rings is 1. The van der Waals surface area contributed by atoms with Crippen molar-refractivity contribution in [2.24, 2.45) is 5.73 Å². The van der Waals surface area contributed by atoms with E-state index in [1.165, 1.54) is 0 Å². The SMILES string of the molecule is CCOC(=O)C1=C(C)OC(N)=C(C#N)C1c1ccc(-n2cccn2)c(Br)c1. The highest BCUT2D eigenvalue weighted by molar-refractivity contribution is 9.10. The molecule has 2 aromatic rings. The number of nitrogens with zero attached hydrogens (tertiary/aromatic N) is 3. The third-order valence-corrected chi connectivity index (χ3v) is 4.79. The molecule has 7 nitrogen and oxygen atoms in total. The van der Waals surface area contributed by atoms with Crippen LogP contribution in [0.3, 0.4) is 0 Å². The maximum Gasteiger partial charge on any atom is 0.338 e. The molecule has 0 amide bonds. The molecule has 27 heavy (non-hydrogen) atoms. The lowest BCUT2D eigenvalue weighted by atomic mass is 9.83. The predicted octanol–water partition coefficient (Wildman–Crippen LogP) is 3.28. The number of ether oxygens (including phenoxy) is 2. The van der Waals surface area contributed by atoms with E-state index in [1.54, 1.807) is 24.7 Å². The van der Waals surface area contributed by atoms with Gasteiger partial charge in [-0.2, -0.15) is 10.4 Å². The van der Waals surface area contributed by atoms with E-state index >= 15 is 0 Å². The largest absolute Gasteiger partial charge is 0.463 e. The van der Waals surface area contributed by atoms with Crippen LogP contribution in [0.2, 0.25) is 0 Å². The smallest absolute Gasteiger partial charge is 0.338 e. The Balaban J connectivity index is 2.12. The zero-order valence-corrected chi connectivity index (χ0v) is 16.4. The molecule has 1 aliphatic heterocycles. The molecular formula is C19H17BrN4O3. The Kier molecular flexibility index (Phi) is 5.33. The van der Waals surface area contributed by atoms with Gasteiger partial charge in [0.1, 0.15) is 17.4 Å². The van der Waals surface area contributed by atoms with Gasteiger partial charge in [-0.15, -0.1) is 0 Å². The van der Waals surface area contributed by atoms with E-state index in [9.17, 15) is 10.1 Å². The summed E-state index contributed by atoms with van der Waals surface area (Å²) in [6.07, 6.45) is 3.50. The van der Waals surface area contributed by atoms with Crippen LogP contribution >= 0.6 is 15.9 Å². The Bertz CT molecular complexity index is 987. The monoisotopic (exact) mass is 428 g/mol. The van der Waals surface area contributed by atoms with E-state index in [1.807, 2.05) is 30.5 Å². The summed E-state index contributed by atoms with van der Waals surface area (Å²) in [7, 11) is 0. The van der Waals surface area contributed by atoms with Gasteiger partial charge in [0.15, 0.2) is 0 Å². The van der Waals surface area contributed by atoms with Crippen molar-refractivity contribution in [3.63, 3.8) is 0 Å². The highest BCUT2D eigenvalue weighted by atomic mass is 79.9. The summed E-state index contributed by atoms with van der Waals surface area (Å²) in [5.74, 6) is -0.902. The van der Waals surface area contributed by atoms with Crippen molar-refractivity contribution in [3.05, 3.63) is 69.5 Å². The second kappa shape index (κ2) is 7.68. The summed E-state index contributed by atoms with van der Waals surface area (Å²) in [6, 6.07) is 9.40. The van der Waals surface area contributed by atoms with Crippen LogP contribution in [0.4, 0.5) is 0 Å². The molecule has 0 saturated heterocycles. The molecular weight excluding hydrogens is 412 g/mol. The molecule has 138 valence electrons. The van der Waals surface area contributed by atoms with Crippen LogP contribution < -0.4 is 5.73 Å². The maximum atomic E-state index is 12.5. The first-order valence-corrected chi connectivity index (χ1v) is 9.02. The number of hydrogen-bond acceptors (Lipinski definition) is 6. The first-order chi connectivity index (χ1) is 13.0. The van der Waals surface area contributed by atoms with Crippen LogP contribution in [-0.4, -0.2) is 22.4 Å². The van der Waals surface area contributed by atoms with Gasteiger partial charge in [-0.1, -0.05) is 6.07 Å². The first-order valence-electron chi connectivity index (χ1n) is 8.22. The van der Waals surface area contributed by atoms with Crippen molar-refractivity contribution >= 4 is 21.9 Å². The number of hydrogen-bond donors (Lipinski definition) is 1. The molecule has 0 spiro atoms. The van der Waals surface area contributed by atoms with Crippen LogP contribution in [0.5, 0.6) is 0 Å². The number of halogens is 1. The molecule has 0 radical (unpaired) electrons. The van der Waals surface area contributed by atoms with E-state index in [-0.39, 0.29) is 23.6 Å². The summed E-state index contributed by atoms with van der Waals surface area (Å²) in [4.78, 5) is 12.5. The summed E-state index contributed by atoms with van der Waals surface area (Å²) in [5.41, 5.74) is 7.88. The summed E-state index contributed by atoms with van der Waals surface area (Å²) in [6.45, 7) is 3.57. The number of aromatic nitrogens is 2. The molecule has 1 aromatic heterocycles. The van der Waals surface area contributed by atoms with Gasteiger partial charge >= 0.3 is 5.97 Å². The Hall–Kier alpha value is -3.05. The van der Waals surface area contributed by atoms with Crippen LogP contribution in [0, 0.1) is 11.3 Å². The van der Waals surface area contributed by atoms with Crippen molar-refractivity contribution in [1.29, 1.82) is 5.26 Å². The molecule has 1 unspecified atom stereocenters. The first kappa shape index (κ1) is 18.7. The van der Waals surface area contributed by atoms with Crippen molar-refractivity contribution in [2.75, 3.05) is 6.61 Å². The standard InChI is InChI=1S/C19H17BrN4O3/c1-3-26-19(25)16-11(2)27-18(22)13(10-21)17(16)12-5-6-15(14(20)9-12)24-8-4-7-23-24/h4-9,17H,3,22H2,1-2H3. The molecule has 1 atom stereocenters. The molecule has 8 heteroatoms. The van der Waals surface area contributed by atoms with Crippen molar-refractivity contribution in [1.82, 2.24) is 9.78 Å². The third-order valence-electron chi connectivity index (χ3n) is 4.16. The van der Waals surface area contributed by atoms with Crippen LogP contribution in [0.1, 0.15) is 25.3 Å². The Morgan fingerprint density at radius 2 is 2.30 bits per heavy atom. The number of rotatable bonds is 4. The van der Waals surface area contributed by atoms with E-state index in [0.29, 0.717) is 11.3 Å². The number of allylic oxidation sites excluding steroid dienone is 2. The second-order valence-electron chi connectivity index (χ2n) is 5.78. The van der Waals surface area contributed by atoms with Crippen LogP contribution in [0.15, 0.2) is 63.9 Å². The molecule has 0 aliphatic carbocycles. The number of esters is 1. The topological polar surface area (TPSA) is 103 Å². The fraction of sp³-hybridized carbons (Fsp3) is 0.211. The Labute approximate surface area is 164 Å². The maximum absolute atomic E-state index is 12.5. The summed E-state index contributed by atoms with van der Waals surface area (Å²) in [5, 5.41) is 13.8. The number of nitrogens with two attached hydrogens (primary N) is 1. The molecule has 0 bridgehead atoms. The number of carbonyl (C=O) groups is 1. The van der Waals surface area contributed by atoms with E-state index < -0.39 is 11.9 Å². The quantitative estimate of drug-likeness (QED) is 0.749. The average molecular weight is 429 g/mol. The molecule has 3 rings (SSSR count). The molecule has 0 fully saturated rings. The van der Waals surface area contributed by atoms with E-state index in [0.717, 1.165) is 10.2 Å². The van der Waals surface area contributed by atoms with Gasteiger partial charge in [-0.3, -0.25) is 0 Å². The molecule has 1 aliphatic rings. The normalized spacial score (nSPS) is 16.7. The fourth-order valence-corrected chi connectivity index (χ4v) is 3.57. The minimum Gasteiger partial charge on any atom is -0.463 e. The van der Waals surface area contributed by atoms with Crippen molar-refractivity contribution in [3.8, 4) is 11.8 Å². The minimum atomic E-state index is -0.675. The fourth-order valence-electron chi connectivity index (χ4n) is 2.99. The van der Waals surface area contributed by atoms with Gasteiger partial charge in [0, 0.05) is 16.9 Å². The summed E-state index contributed by atoms with van der Waals surface area (Å²) < 4.78 is 13.1. The predicted molar refractivity (Wildman–Crippen MR) is 101 cm³/mol. The molecule has 2 N–H and O–H groups in total. The molecule has 1 aromatic carbocycles. The Morgan fingerprint density at radius 3 is 2.89 bits per heavy atom. The van der Waals surface area contributed by atoms with Gasteiger partial charge in [0.2, 0.25) is 5.88 Å². The third kappa shape index (κ3) is 3.46. The van der Waals surface area contributed by atoms with E-state index in [4.69, 9.17) is 15.2 Å². The van der Waals surface area contributed by atoms with E-state index in [2.05, 4.69) is 27.1 Å². The zero-order chi connectivity index (χ0) is 19.6. The summed E-state index contributed by atoms with van der Waals surface area (Å²) >= 11 is 3.54. The van der Waals surface area contributed by atoms with Crippen LogP contribution in [0.25, 0.3) is 5.69 Å². The molecule has 0 saturated carbocycles. The lowest BCUT2D eigenvalue weighted by Crippen LogP contribution is -2.25. The Morgan fingerprint density at radius 1 is 1.52 bits per heavy atom. The van der Waals surface area contributed by atoms with Gasteiger partial charge in [0.25, 0.3) is 0 Å². The van der Waals surface area contributed by atoms with Gasteiger partial charge in [-0.25, -0.2) is 9.48 Å². The van der Waals surface area contributed by atoms with Crippen molar-refractivity contribution < 1.29 is 14.3 Å². The highest BCUT2D eigenvalue weighted by Gasteiger charge is 2.36.